The number of anilines is 1. The minimum Gasteiger partial charge on any atom is -0.506 e. The zero-order valence-electron chi connectivity index (χ0n) is 11.1. The van der Waals surface area contributed by atoms with Gasteiger partial charge in [-0.15, -0.1) is 0 Å². The quantitative estimate of drug-likeness (QED) is 0.894. The highest BCUT2D eigenvalue weighted by molar-refractivity contribution is 5.55. The Morgan fingerprint density at radius 3 is 2.95 bits per heavy atom. The second-order valence-electron chi connectivity index (χ2n) is 5.07. The number of aromatic nitrogens is 1. The third-order valence-corrected chi connectivity index (χ3v) is 3.64. The van der Waals surface area contributed by atoms with Crippen molar-refractivity contribution in [3.8, 4) is 5.75 Å². The van der Waals surface area contributed by atoms with Crippen LogP contribution in [0.3, 0.4) is 0 Å². The molecule has 0 aliphatic carbocycles. The highest BCUT2D eigenvalue weighted by Gasteiger charge is 2.18. The summed E-state index contributed by atoms with van der Waals surface area (Å²) in [5, 5.41) is 9.92. The summed E-state index contributed by atoms with van der Waals surface area (Å²) in [5.74, 6) is 0.286. The van der Waals surface area contributed by atoms with Gasteiger partial charge in [0.15, 0.2) is 0 Å². The van der Waals surface area contributed by atoms with Crippen molar-refractivity contribution in [1.29, 1.82) is 0 Å². The number of pyridine rings is 1. The maximum Gasteiger partial charge on any atom is 0.138 e. The number of hydrogen-bond donors (Lipinski definition) is 1. The lowest BCUT2D eigenvalue weighted by Gasteiger charge is -2.31. The van der Waals surface area contributed by atoms with E-state index in [0.717, 1.165) is 30.8 Å². The molecule has 1 N–H and O–H groups in total. The van der Waals surface area contributed by atoms with Crippen molar-refractivity contribution >= 4 is 5.69 Å². The molecule has 2 aromatic rings. The third kappa shape index (κ3) is 2.41. The van der Waals surface area contributed by atoms with Gasteiger partial charge in [0.25, 0.3) is 0 Å². The van der Waals surface area contributed by atoms with E-state index in [2.05, 4.69) is 34.1 Å². The average Bonchev–Trinajstić information content (AvgIpc) is 2.43. The lowest BCUT2D eigenvalue weighted by atomic mass is 10.0. The molecule has 1 aliphatic heterocycles. The van der Waals surface area contributed by atoms with E-state index < -0.39 is 0 Å². The van der Waals surface area contributed by atoms with Gasteiger partial charge in [-0.2, -0.15) is 0 Å². The molecule has 3 rings (SSSR count). The van der Waals surface area contributed by atoms with Gasteiger partial charge in [-0.25, -0.2) is 0 Å². The zero-order chi connectivity index (χ0) is 13.2. The Balaban J connectivity index is 1.90. The van der Waals surface area contributed by atoms with Gasteiger partial charge >= 0.3 is 0 Å². The van der Waals surface area contributed by atoms with Crippen LogP contribution < -0.4 is 4.90 Å². The van der Waals surface area contributed by atoms with Crippen LogP contribution in [0, 0.1) is 6.92 Å². The number of para-hydroxylation sites is 1. The smallest absolute Gasteiger partial charge is 0.138 e. The molecule has 0 saturated heterocycles. The second kappa shape index (κ2) is 4.92. The normalized spacial score (nSPS) is 14.3. The molecule has 1 aliphatic rings. The van der Waals surface area contributed by atoms with E-state index in [1.165, 1.54) is 11.3 Å². The van der Waals surface area contributed by atoms with Crippen LogP contribution in [-0.4, -0.2) is 16.6 Å². The maximum atomic E-state index is 9.92. The van der Waals surface area contributed by atoms with Gasteiger partial charge in [0.2, 0.25) is 0 Å². The van der Waals surface area contributed by atoms with Gasteiger partial charge in [0, 0.05) is 17.9 Å². The van der Waals surface area contributed by atoms with E-state index in [9.17, 15) is 5.11 Å². The first kappa shape index (κ1) is 12.0. The Kier molecular flexibility index (Phi) is 3.11. The minimum absolute atomic E-state index is 0.286. The van der Waals surface area contributed by atoms with Gasteiger partial charge in [-0.05, 0) is 43.5 Å². The topological polar surface area (TPSA) is 36.4 Å². The molecule has 0 saturated carbocycles. The molecule has 0 spiro atoms. The lowest BCUT2D eigenvalue weighted by Crippen LogP contribution is -2.29. The number of nitrogens with zero attached hydrogens (tertiary/aromatic N) is 2. The van der Waals surface area contributed by atoms with Crippen molar-refractivity contribution < 1.29 is 5.11 Å². The lowest BCUT2D eigenvalue weighted by molar-refractivity contribution is 0.461. The fraction of sp³-hybridized carbons (Fsp3) is 0.312. The Morgan fingerprint density at radius 2 is 2.05 bits per heavy atom. The molecule has 3 heteroatoms. The summed E-state index contributed by atoms with van der Waals surface area (Å²) in [5.41, 5.74) is 4.37. The van der Waals surface area contributed by atoms with Crippen molar-refractivity contribution in [1.82, 2.24) is 4.98 Å². The van der Waals surface area contributed by atoms with Crippen LogP contribution in [0.4, 0.5) is 5.69 Å². The number of aryl methyl sites for hydroxylation is 2. The number of fused-ring (bicyclic) bond motifs is 1. The summed E-state index contributed by atoms with van der Waals surface area (Å²) < 4.78 is 0. The predicted octanol–water partition coefficient (Wildman–Crippen LogP) is 3.05. The molecular formula is C16H18N2O. The third-order valence-electron chi connectivity index (χ3n) is 3.64. The summed E-state index contributed by atoms with van der Waals surface area (Å²) in [6.45, 7) is 3.64. The SMILES string of the molecule is Cc1ccc(O)c(CN2CCCc3ccccc32)n1. The molecule has 0 atom stereocenters. The van der Waals surface area contributed by atoms with E-state index in [1.807, 2.05) is 13.0 Å². The zero-order valence-corrected chi connectivity index (χ0v) is 11.1. The molecule has 3 nitrogen and oxygen atoms in total. The summed E-state index contributed by atoms with van der Waals surface area (Å²) in [7, 11) is 0. The van der Waals surface area contributed by atoms with Crippen LogP contribution in [0.25, 0.3) is 0 Å². The molecule has 0 amide bonds. The summed E-state index contributed by atoms with van der Waals surface area (Å²) >= 11 is 0. The predicted molar refractivity (Wildman–Crippen MR) is 76.5 cm³/mol. The molecule has 0 fully saturated rings. The second-order valence-corrected chi connectivity index (χ2v) is 5.07. The van der Waals surface area contributed by atoms with Crippen molar-refractivity contribution in [2.75, 3.05) is 11.4 Å². The molecule has 0 bridgehead atoms. The first-order chi connectivity index (χ1) is 9.24. The highest BCUT2D eigenvalue weighted by atomic mass is 16.3. The van der Waals surface area contributed by atoms with E-state index in [1.54, 1.807) is 6.07 Å². The van der Waals surface area contributed by atoms with Crippen LogP contribution in [-0.2, 0) is 13.0 Å². The summed E-state index contributed by atoms with van der Waals surface area (Å²) in [6, 6.07) is 12.1. The van der Waals surface area contributed by atoms with Gasteiger partial charge in [-0.1, -0.05) is 18.2 Å². The van der Waals surface area contributed by atoms with Crippen molar-refractivity contribution in [3.63, 3.8) is 0 Å². The molecule has 1 aromatic heterocycles. The summed E-state index contributed by atoms with van der Waals surface area (Å²) in [4.78, 5) is 6.75. The first-order valence-corrected chi connectivity index (χ1v) is 6.72. The first-order valence-electron chi connectivity index (χ1n) is 6.72. The Labute approximate surface area is 113 Å². The van der Waals surface area contributed by atoms with Crippen LogP contribution in [0.1, 0.15) is 23.4 Å². The monoisotopic (exact) mass is 254 g/mol. The van der Waals surface area contributed by atoms with E-state index in [0.29, 0.717) is 6.54 Å². The standard InChI is InChI=1S/C16H18N2O/c1-12-8-9-16(19)14(17-12)11-18-10-4-6-13-5-2-3-7-15(13)18/h2-3,5,7-9,19H,4,6,10-11H2,1H3. The Bertz CT molecular complexity index is 595. The number of aromatic hydroxyl groups is 1. The molecular weight excluding hydrogens is 236 g/mol. The molecule has 98 valence electrons. The van der Waals surface area contributed by atoms with E-state index in [-0.39, 0.29) is 5.75 Å². The molecule has 1 aromatic carbocycles. The summed E-state index contributed by atoms with van der Waals surface area (Å²) in [6.07, 6.45) is 2.30. The van der Waals surface area contributed by atoms with Gasteiger partial charge < -0.3 is 10.0 Å². The van der Waals surface area contributed by atoms with Gasteiger partial charge in [0.1, 0.15) is 11.4 Å². The largest absolute Gasteiger partial charge is 0.506 e. The van der Waals surface area contributed by atoms with Crippen molar-refractivity contribution in [2.24, 2.45) is 0 Å². The van der Waals surface area contributed by atoms with Gasteiger partial charge in [-0.3, -0.25) is 4.98 Å². The fourth-order valence-corrected chi connectivity index (χ4v) is 2.68. The average molecular weight is 254 g/mol. The van der Waals surface area contributed by atoms with Crippen LogP contribution in [0.2, 0.25) is 0 Å². The maximum absolute atomic E-state index is 9.92. The molecule has 19 heavy (non-hydrogen) atoms. The fourth-order valence-electron chi connectivity index (χ4n) is 2.68. The highest BCUT2D eigenvalue weighted by Crippen LogP contribution is 2.29. The number of benzene rings is 1. The molecule has 2 heterocycles. The Morgan fingerprint density at radius 1 is 1.21 bits per heavy atom. The van der Waals surface area contributed by atoms with E-state index >= 15 is 0 Å². The van der Waals surface area contributed by atoms with E-state index in [4.69, 9.17) is 0 Å². The minimum atomic E-state index is 0.286. The van der Waals surface area contributed by atoms with Crippen LogP contribution >= 0.6 is 0 Å². The molecule has 0 radical (unpaired) electrons. The number of hydrogen-bond acceptors (Lipinski definition) is 3. The molecule has 0 unspecified atom stereocenters. The van der Waals surface area contributed by atoms with Gasteiger partial charge in [0.05, 0.1) is 6.54 Å². The van der Waals surface area contributed by atoms with Crippen LogP contribution in [0.5, 0.6) is 5.75 Å². The Hall–Kier alpha value is -2.03. The number of rotatable bonds is 2. The van der Waals surface area contributed by atoms with Crippen LogP contribution in [0.15, 0.2) is 36.4 Å². The van der Waals surface area contributed by atoms with Crippen molar-refractivity contribution in [3.05, 3.63) is 53.3 Å². The van der Waals surface area contributed by atoms with Crippen molar-refractivity contribution in [2.45, 2.75) is 26.3 Å².